The van der Waals surface area contributed by atoms with Gasteiger partial charge in [0.25, 0.3) is 5.91 Å². The van der Waals surface area contributed by atoms with Gasteiger partial charge in [-0.2, -0.15) is 0 Å². The molecule has 1 saturated carbocycles. The molecule has 0 spiro atoms. The van der Waals surface area contributed by atoms with Crippen LogP contribution >= 0.6 is 0 Å². The quantitative estimate of drug-likeness (QED) is 0.281. The zero-order chi connectivity index (χ0) is 27.1. The number of aromatic nitrogens is 3. The maximum atomic E-state index is 13.3. The van der Waals surface area contributed by atoms with E-state index in [1.165, 1.54) is 19.3 Å². The van der Waals surface area contributed by atoms with Crippen molar-refractivity contribution in [3.63, 3.8) is 0 Å². The van der Waals surface area contributed by atoms with Gasteiger partial charge in [0.1, 0.15) is 23.9 Å². The van der Waals surface area contributed by atoms with Crippen molar-refractivity contribution in [3.05, 3.63) is 72.3 Å². The second-order valence-electron chi connectivity index (χ2n) is 10.4. The van der Waals surface area contributed by atoms with Crippen molar-refractivity contribution in [3.8, 4) is 17.1 Å². The zero-order valence-electron chi connectivity index (χ0n) is 21.8. The molecular formula is C30H31N5O4. The van der Waals surface area contributed by atoms with Crippen LogP contribution in [0.3, 0.4) is 0 Å². The molecule has 2 aromatic carbocycles. The summed E-state index contributed by atoms with van der Waals surface area (Å²) in [6.07, 6.45) is 11.2. The monoisotopic (exact) mass is 525 g/mol. The fraction of sp³-hybridized carbons (Fsp3) is 0.300. The summed E-state index contributed by atoms with van der Waals surface area (Å²) >= 11 is 0. The maximum Gasteiger partial charge on any atom is 0.252 e. The van der Waals surface area contributed by atoms with Crippen LogP contribution in [0.25, 0.3) is 33.3 Å². The number of phenols is 1. The van der Waals surface area contributed by atoms with Crippen molar-refractivity contribution in [2.75, 3.05) is 0 Å². The highest BCUT2D eigenvalue weighted by Crippen LogP contribution is 2.36. The van der Waals surface area contributed by atoms with E-state index in [0.29, 0.717) is 17.1 Å². The van der Waals surface area contributed by atoms with E-state index >= 15 is 0 Å². The first-order valence-electron chi connectivity index (χ1n) is 13.3. The van der Waals surface area contributed by atoms with Crippen LogP contribution in [0.2, 0.25) is 0 Å². The normalized spacial score (nSPS) is 15.1. The largest absolute Gasteiger partial charge is 0.508 e. The maximum absolute atomic E-state index is 13.3. The molecule has 0 saturated heterocycles. The van der Waals surface area contributed by atoms with Crippen LogP contribution in [0.1, 0.15) is 54.1 Å². The number of furan rings is 1. The van der Waals surface area contributed by atoms with Gasteiger partial charge in [0, 0.05) is 42.2 Å². The van der Waals surface area contributed by atoms with E-state index in [1.54, 1.807) is 36.8 Å². The van der Waals surface area contributed by atoms with Gasteiger partial charge >= 0.3 is 0 Å². The fourth-order valence-electron chi connectivity index (χ4n) is 5.85. The number of carbonyl (C=O) groups excluding carboxylic acids is 2. The molecule has 39 heavy (non-hydrogen) atoms. The number of benzene rings is 2. The van der Waals surface area contributed by atoms with Crippen molar-refractivity contribution in [1.82, 2.24) is 19.4 Å². The molecule has 0 aliphatic heterocycles. The Labute approximate surface area is 225 Å². The van der Waals surface area contributed by atoms with Crippen LogP contribution in [0.5, 0.6) is 5.75 Å². The molecule has 1 aliphatic rings. The summed E-state index contributed by atoms with van der Waals surface area (Å²) in [6, 6.07) is 11.9. The minimum atomic E-state index is -0.928. The summed E-state index contributed by atoms with van der Waals surface area (Å²) in [5, 5.41) is 13.6. The molecule has 1 fully saturated rings. The predicted molar refractivity (Wildman–Crippen MR) is 148 cm³/mol. The summed E-state index contributed by atoms with van der Waals surface area (Å²) in [4.78, 5) is 30.6. The lowest BCUT2D eigenvalue weighted by Crippen LogP contribution is -2.45. The van der Waals surface area contributed by atoms with Crippen LogP contribution in [0, 0.1) is 0 Å². The lowest BCUT2D eigenvalue weighted by Gasteiger charge is -2.25. The predicted octanol–water partition coefficient (Wildman–Crippen LogP) is 4.83. The standard InChI is InChI=1S/C30H31N5O4/c1-34-16-20(23-15-22(36)8-10-26(23)34)14-25(28(31)37)33-30(38)18-7-9-27-24(13-18)32-29(19-11-12-39-17-19)35(27)21-5-3-2-4-6-21/h7-13,15-17,21,25,36H,2-6,14H2,1H3,(H2,31,37)(H,33,38)/t25-/m0/s1. The van der Waals surface area contributed by atoms with E-state index in [1.807, 2.05) is 36.0 Å². The van der Waals surface area contributed by atoms with Gasteiger partial charge in [0.2, 0.25) is 5.91 Å². The lowest BCUT2D eigenvalue weighted by atomic mass is 9.95. The first-order chi connectivity index (χ1) is 18.9. The van der Waals surface area contributed by atoms with Crippen molar-refractivity contribution in [1.29, 1.82) is 0 Å². The molecule has 3 aromatic heterocycles. The number of hydrogen-bond donors (Lipinski definition) is 3. The highest BCUT2D eigenvalue weighted by Gasteiger charge is 2.25. The summed E-state index contributed by atoms with van der Waals surface area (Å²) in [5.41, 5.74) is 10.4. The summed E-state index contributed by atoms with van der Waals surface area (Å²) in [6.45, 7) is 0. The molecule has 9 heteroatoms. The molecule has 2 amide bonds. The number of imidazole rings is 1. The van der Waals surface area contributed by atoms with Gasteiger partial charge in [-0.1, -0.05) is 19.3 Å². The Bertz CT molecular complexity index is 1670. The van der Waals surface area contributed by atoms with Gasteiger partial charge in [-0.25, -0.2) is 4.98 Å². The second kappa shape index (κ2) is 9.98. The highest BCUT2D eigenvalue weighted by molar-refractivity contribution is 6.00. The molecule has 3 heterocycles. The van der Waals surface area contributed by atoms with E-state index in [0.717, 1.165) is 46.2 Å². The SMILES string of the molecule is Cn1cc(C[C@H](NC(=O)c2ccc3c(c2)nc(-c2ccoc2)n3C2CCCCC2)C(N)=O)c2cc(O)ccc21. The van der Waals surface area contributed by atoms with Crippen LogP contribution < -0.4 is 11.1 Å². The number of carbonyl (C=O) groups is 2. The summed E-state index contributed by atoms with van der Waals surface area (Å²) < 4.78 is 9.54. The van der Waals surface area contributed by atoms with Gasteiger partial charge in [-0.3, -0.25) is 9.59 Å². The van der Waals surface area contributed by atoms with Gasteiger partial charge in [0.05, 0.1) is 22.9 Å². The van der Waals surface area contributed by atoms with Crippen molar-refractivity contribution in [2.45, 2.75) is 50.6 Å². The van der Waals surface area contributed by atoms with Crippen LogP contribution in [-0.2, 0) is 18.3 Å². The number of rotatable bonds is 7. The third-order valence-electron chi connectivity index (χ3n) is 7.80. The molecule has 4 N–H and O–H groups in total. The second-order valence-corrected chi connectivity index (χ2v) is 10.4. The van der Waals surface area contributed by atoms with Crippen LogP contribution in [-0.4, -0.2) is 37.1 Å². The molecule has 1 aliphatic carbocycles. The minimum Gasteiger partial charge on any atom is -0.508 e. The number of phenolic OH excluding ortho intramolecular Hbond substituents is 1. The van der Waals surface area contributed by atoms with E-state index < -0.39 is 17.9 Å². The zero-order valence-corrected chi connectivity index (χ0v) is 21.8. The van der Waals surface area contributed by atoms with Crippen molar-refractivity contribution >= 4 is 33.8 Å². The Hall–Kier alpha value is -4.53. The Balaban J connectivity index is 1.30. The molecule has 9 nitrogen and oxygen atoms in total. The topological polar surface area (TPSA) is 128 Å². The average molecular weight is 526 g/mol. The Morgan fingerprint density at radius 1 is 1.13 bits per heavy atom. The number of aryl methyl sites for hydroxylation is 1. The van der Waals surface area contributed by atoms with E-state index in [2.05, 4.69) is 9.88 Å². The first kappa shape index (κ1) is 24.8. The fourth-order valence-corrected chi connectivity index (χ4v) is 5.85. The average Bonchev–Trinajstić information content (AvgIpc) is 3.66. The van der Waals surface area contributed by atoms with Crippen LogP contribution in [0.4, 0.5) is 0 Å². The van der Waals surface area contributed by atoms with Crippen LogP contribution in [0.15, 0.2) is 65.6 Å². The number of amides is 2. The third kappa shape index (κ3) is 4.65. The van der Waals surface area contributed by atoms with Crippen molar-refractivity contribution in [2.24, 2.45) is 12.8 Å². The molecule has 5 aromatic rings. The van der Waals surface area contributed by atoms with Gasteiger partial charge in [-0.15, -0.1) is 0 Å². The van der Waals surface area contributed by atoms with Gasteiger partial charge < -0.3 is 29.7 Å². The molecule has 200 valence electrons. The van der Waals surface area contributed by atoms with E-state index in [4.69, 9.17) is 15.1 Å². The Morgan fingerprint density at radius 2 is 1.92 bits per heavy atom. The molecular weight excluding hydrogens is 494 g/mol. The molecule has 0 unspecified atom stereocenters. The smallest absolute Gasteiger partial charge is 0.252 e. The number of primary amides is 1. The molecule has 1 atom stereocenters. The van der Waals surface area contributed by atoms with E-state index in [9.17, 15) is 14.7 Å². The Kier molecular flexibility index (Phi) is 6.34. The molecule has 0 bridgehead atoms. The van der Waals surface area contributed by atoms with Gasteiger partial charge in [0.15, 0.2) is 0 Å². The number of nitrogens with one attached hydrogen (secondary N) is 1. The molecule has 6 rings (SSSR count). The Morgan fingerprint density at radius 3 is 2.67 bits per heavy atom. The van der Waals surface area contributed by atoms with Crippen molar-refractivity contribution < 1.29 is 19.1 Å². The number of fused-ring (bicyclic) bond motifs is 2. The number of hydrogen-bond acceptors (Lipinski definition) is 5. The third-order valence-corrected chi connectivity index (χ3v) is 7.80. The lowest BCUT2D eigenvalue weighted by molar-refractivity contribution is -0.119. The number of nitrogens with two attached hydrogens (primary N) is 1. The van der Waals surface area contributed by atoms with Gasteiger partial charge in [-0.05, 0) is 60.9 Å². The minimum absolute atomic E-state index is 0.130. The summed E-state index contributed by atoms with van der Waals surface area (Å²) in [7, 11) is 1.89. The highest BCUT2D eigenvalue weighted by atomic mass is 16.3. The summed E-state index contributed by atoms with van der Waals surface area (Å²) in [5.74, 6) is -0.0749. The number of aromatic hydroxyl groups is 1. The first-order valence-corrected chi connectivity index (χ1v) is 13.3. The van der Waals surface area contributed by atoms with E-state index in [-0.39, 0.29) is 12.2 Å². The molecule has 0 radical (unpaired) electrons. The number of nitrogens with zero attached hydrogens (tertiary/aromatic N) is 3.